The van der Waals surface area contributed by atoms with Crippen molar-refractivity contribution < 1.29 is 4.42 Å². The van der Waals surface area contributed by atoms with Crippen LogP contribution >= 0.6 is 11.3 Å². The van der Waals surface area contributed by atoms with E-state index in [1.807, 2.05) is 72.8 Å². The first-order valence-corrected chi connectivity index (χ1v) is 20.4. The summed E-state index contributed by atoms with van der Waals surface area (Å²) in [5, 5.41) is 5.60. The summed E-state index contributed by atoms with van der Waals surface area (Å²) in [6, 6.07) is 65.2. The van der Waals surface area contributed by atoms with Crippen LogP contribution in [0.4, 0.5) is 0 Å². The van der Waals surface area contributed by atoms with Crippen LogP contribution in [0.25, 0.3) is 116 Å². The summed E-state index contributed by atoms with van der Waals surface area (Å²) in [6.45, 7) is 0. The number of nitrogens with zero attached hydrogens (tertiary/aromatic N) is 5. The van der Waals surface area contributed by atoms with Crippen LogP contribution in [-0.2, 0) is 0 Å². The summed E-state index contributed by atoms with van der Waals surface area (Å²) in [6.07, 6.45) is 0. The van der Waals surface area contributed by atoms with Crippen molar-refractivity contribution in [3.8, 4) is 61.5 Å². The molecule has 0 aliphatic carbocycles. The lowest BCUT2D eigenvalue weighted by Crippen LogP contribution is -2.00. The third-order valence-electron chi connectivity index (χ3n) is 11.1. The van der Waals surface area contributed by atoms with Gasteiger partial charge in [0.1, 0.15) is 16.2 Å². The van der Waals surface area contributed by atoms with Gasteiger partial charge in [0.25, 0.3) is 0 Å². The molecule has 4 heterocycles. The fourth-order valence-corrected chi connectivity index (χ4v) is 9.24. The Morgan fingerprint density at radius 3 is 1.83 bits per heavy atom. The molecule has 0 atom stereocenters. The fourth-order valence-electron chi connectivity index (χ4n) is 8.30. The van der Waals surface area contributed by atoms with E-state index in [0.717, 1.165) is 87.3 Å². The summed E-state index contributed by atoms with van der Waals surface area (Å²) in [5.74, 6) is 1.88. The van der Waals surface area contributed by atoms with Crippen LogP contribution in [0.1, 0.15) is 0 Å². The van der Waals surface area contributed by atoms with Gasteiger partial charge in [-0.2, -0.15) is 0 Å². The Morgan fingerprint density at radius 1 is 0.407 bits per heavy atom. The van der Waals surface area contributed by atoms with E-state index in [1.54, 1.807) is 11.3 Å². The minimum Gasteiger partial charge on any atom is -0.455 e. The van der Waals surface area contributed by atoms with E-state index < -0.39 is 0 Å². The Balaban J connectivity index is 0.939. The largest absolute Gasteiger partial charge is 0.455 e. The Kier molecular flexibility index (Phi) is 7.61. The van der Waals surface area contributed by atoms with Gasteiger partial charge in [-0.1, -0.05) is 133 Å². The third kappa shape index (κ3) is 5.62. The molecule has 0 saturated carbocycles. The molecule has 0 aliphatic heterocycles. The normalized spacial score (nSPS) is 11.7. The maximum Gasteiger partial charge on any atom is 0.164 e. The molecule has 12 rings (SSSR count). The number of hydrogen-bond acceptors (Lipinski definition) is 6. The molecule has 0 amide bonds. The van der Waals surface area contributed by atoms with Gasteiger partial charge in [-0.25, -0.2) is 19.9 Å². The quantitative estimate of drug-likeness (QED) is 0.168. The van der Waals surface area contributed by atoms with Gasteiger partial charge in [0, 0.05) is 55.0 Å². The molecule has 276 valence electrons. The summed E-state index contributed by atoms with van der Waals surface area (Å²) in [4.78, 5) is 20.0. The second-order valence-electron chi connectivity index (χ2n) is 14.7. The lowest BCUT2D eigenvalue weighted by Gasteiger charge is -2.10. The molecule has 0 saturated heterocycles. The highest BCUT2D eigenvalue weighted by molar-refractivity contribution is 7.21. The molecule has 8 aromatic carbocycles. The van der Waals surface area contributed by atoms with Gasteiger partial charge in [-0.15, -0.1) is 11.3 Å². The first-order chi connectivity index (χ1) is 29.2. The van der Waals surface area contributed by atoms with Crippen molar-refractivity contribution in [2.24, 2.45) is 0 Å². The summed E-state index contributed by atoms with van der Waals surface area (Å²) >= 11 is 1.69. The zero-order chi connectivity index (χ0) is 38.9. The SMILES string of the molecule is c1ccc(-c2nc(-c3ccccc3)nc(-c3ccc4sc(-c5cccc(-n6c7ccccc7c7cc(-c8cccc9c8oc8ccccc89)ccc76)c5)nc4c3)n2)cc1. The van der Waals surface area contributed by atoms with Crippen LogP contribution in [0.15, 0.2) is 192 Å². The Bertz CT molecular complexity index is 3510. The zero-order valence-corrected chi connectivity index (χ0v) is 32.3. The Morgan fingerprint density at radius 2 is 1.03 bits per heavy atom. The van der Waals surface area contributed by atoms with Gasteiger partial charge in [0.2, 0.25) is 0 Å². The van der Waals surface area contributed by atoms with E-state index in [2.05, 4.69) is 120 Å². The predicted octanol–water partition coefficient (Wildman–Crippen LogP) is 13.8. The lowest BCUT2D eigenvalue weighted by molar-refractivity contribution is 0.670. The highest BCUT2D eigenvalue weighted by atomic mass is 32.1. The second-order valence-corrected chi connectivity index (χ2v) is 15.7. The number of para-hydroxylation sites is 3. The van der Waals surface area contributed by atoms with Crippen LogP contribution in [0, 0.1) is 0 Å². The maximum absolute atomic E-state index is 6.44. The smallest absolute Gasteiger partial charge is 0.164 e. The van der Waals surface area contributed by atoms with Crippen LogP contribution in [-0.4, -0.2) is 24.5 Å². The standard InChI is InChI=1S/C52H31N5OS/c1-3-13-32(14-4-1)49-54-50(33-15-5-2-6-16-33)56-51(55-49)35-26-28-47-43(31-35)53-52(59-47)36-17-11-18-37(29-36)57-44-23-9-7-19-39(44)42-30-34(25-27-45(42)57)38-21-12-22-41-40-20-8-10-24-46(40)58-48(38)41/h1-31H. The number of aromatic nitrogens is 5. The minimum atomic E-state index is 0.611. The molecule has 12 aromatic rings. The van der Waals surface area contributed by atoms with Crippen molar-refractivity contribution in [1.82, 2.24) is 24.5 Å². The fraction of sp³-hybridized carbons (Fsp3) is 0. The molecule has 0 radical (unpaired) electrons. The number of benzene rings is 8. The summed E-state index contributed by atoms with van der Waals surface area (Å²) < 4.78 is 9.90. The molecule has 59 heavy (non-hydrogen) atoms. The van der Waals surface area contributed by atoms with Crippen molar-refractivity contribution >= 4 is 65.3 Å². The Hall–Kier alpha value is -7.74. The van der Waals surface area contributed by atoms with Crippen molar-refractivity contribution in [1.29, 1.82) is 0 Å². The topological polar surface area (TPSA) is 69.6 Å². The van der Waals surface area contributed by atoms with Gasteiger partial charge < -0.3 is 8.98 Å². The van der Waals surface area contributed by atoms with E-state index in [4.69, 9.17) is 24.4 Å². The first kappa shape index (κ1) is 33.4. The minimum absolute atomic E-state index is 0.611. The van der Waals surface area contributed by atoms with E-state index in [0.29, 0.717) is 17.5 Å². The maximum atomic E-state index is 6.44. The second kappa shape index (κ2) is 13.4. The molecule has 0 bridgehead atoms. The van der Waals surface area contributed by atoms with E-state index >= 15 is 0 Å². The van der Waals surface area contributed by atoms with E-state index in [9.17, 15) is 0 Å². The summed E-state index contributed by atoms with van der Waals surface area (Å²) in [5.41, 5.74) is 12.1. The first-order valence-electron chi connectivity index (χ1n) is 19.5. The number of furan rings is 1. The highest BCUT2D eigenvalue weighted by Crippen LogP contribution is 2.40. The summed E-state index contributed by atoms with van der Waals surface area (Å²) in [7, 11) is 0. The molecule has 0 fully saturated rings. The molecule has 7 heteroatoms. The Labute approximate surface area is 342 Å². The average molecular weight is 774 g/mol. The molecule has 0 N–H and O–H groups in total. The van der Waals surface area contributed by atoms with Crippen molar-refractivity contribution in [3.63, 3.8) is 0 Å². The molecule has 0 unspecified atom stereocenters. The van der Waals surface area contributed by atoms with Crippen molar-refractivity contribution in [3.05, 3.63) is 188 Å². The van der Waals surface area contributed by atoms with Crippen LogP contribution < -0.4 is 0 Å². The highest BCUT2D eigenvalue weighted by Gasteiger charge is 2.18. The molecule has 6 nitrogen and oxygen atoms in total. The van der Waals surface area contributed by atoms with Gasteiger partial charge in [0.05, 0.1) is 21.3 Å². The average Bonchev–Trinajstić information content (AvgIpc) is 4.01. The van der Waals surface area contributed by atoms with Crippen molar-refractivity contribution in [2.75, 3.05) is 0 Å². The van der Waals surface area contributed by atoms with Gasteiger partial charge in [0.15, 0.2) is 17.5 Å². The van der Waals surface area contributed by atoms with Crippen molar-refractivity contribution in [2.45, 2.75) is 0 Å². The predicted molar refractivity (Wildman–Crippen MR) is 242 cm³/mol. The van der Waals surface area contributed by atoms with Gasteiger partial charge in [-0.3, -0.25) is 0 Å². The van der Waals surface area contributed by atoms with Crippen LogP contribution in [0.5, 0.6) is 0 Å². The molecular weight excluding hydrogens is 743 g/mol. The molecular formula is C52H31N5OS. The zero-order valence-electron chi connectivity index (χ0n) is 31.5. The van der Waals surface area contributed by atoms with Crippen LogP contribution in [0.3, 0.4) is 0 Å². The van der Waals surface area contributed by atoms with Gasteiger partial charge >= 0.3 is 0 Å². The number of rotatable bonds is 6. The lowest BCUT2D eigenvalue weighted by atomic mass is 10.0. The van der Waals surface area contributed by atoms with Gasteiger partial charge in [-0.05, 0) is 60.2 Å². The number of hydrogen-bond donors (Lipinski definition) is 0. The third-order valence-corrected chi connectivity index (χ3v) is 12.2. The molecule has 4 aromatic heterocycles. The monoisotopic (exact) mass is 773 g/mol. The van der Waals surface area contributed by atoms with E-state index in [-0.39, 0.29) is 0 Å². The molecule has 0 aliphatic rings. The molecule has 0 spiro atoms. The number of thiazole rings is 1. The van der Waals surface area contributed by atoms with Crippen LogP contribution in [0.2, 0.25) is 0 Å². The van der Waals surface area contributed by atoms with E-state index in [1.165, 1.54) is 10.8 Å². The number of fused-ring (bicyclic) bond motifs is 7.